The number of hydrogen-bond acceptors (Lipinski definition) is 6. The highest BCUT2D eigenvalue weighted by Gasteiger charge is 2.53. The predicted molar refractivity (Wildman–Crippen MR) is 143 cm³/mol. The van der Waals surface area contributed by atoms with Gasteiger partial charge in [0.25, 0.3) is 0 Å². The molecule has 2 N–H and O–H groups in total. The molecule has 1 aromatic rings. The summed E-state index contributed by atoms with van der Waals surface area (Å²) in [5, 5.41) is 0. The molecule has 2 amide bonds. The van der Waals surface area contributed by atoms with Crippen LogP contribution < -0.4 is 10.6 Å². The molecule has 3 heterocycles. The monoisotopic (exact) mass is 510 g/mol. The third kappa shape index (κ3) is 5.15. The maximum absolute atomic E-state index is 14.5. The lowest BCUT2D eigenvalue weighted by Crippen LogP contribution is -2.46. The summed E-state index contributed by atoms with van der Waals surface area (Å²) >= 11 is 0. The van der Waals surface area contributed by atoms with E-state index in [-0.39, 0.29) is 36.2 Å². The van der Waals surface area contributed by atoms with Gasteiger partial charge in [-0.1, -0.05) is 32.6 Å². The Morgan fingerprint density at radius 1 is 1.11 bits per heavy atom. The molecule has 4 aliphatic rings. The van der Waals surface area contributed by atoms with Gasteiger partial charge in [0, 0.05) is 49.9 Å². The summed E-state index contributed by atoms with van der Waals surface area (Å²) in [6.45, 7) is 6.48. The first-order valence-corrected chi connectivity index (χ1v) is 14.2. The molecular weight excluding hydrogens is 468 g/mol. The zero-order valence-electron chi connectivity index (χ0n) is 22.4. The zero-order chi connectivity index (χ0) is 26.1. The minimum atomic E-state index is -0.506. The second kappa shape index (κ2) is 11.1. The van der Waals surface area contributed by atoms with Crippen molar-refractivity contribution in [2.24, 2.45) is 17.6 Å². The normalized spacial score (nSPS) is 27.9. The van der Waals surface area contributed by atoms with Crippen molar-refractivity contribution in [3.8, 4) is 0 Å². The lowest BCUT2D eigenvalue weighted by molar-refractivity contribution is -0.139. The van der Waals surface area contributed by atoms with Crippen LogP contribution in [0.2, 0.25) is 0 Å². The van der Waals surface area contributed by atoms with Crippen LogP contribution in [0.1, 0.15) is 73.7 Å². The van der Waals surface area contributed by atoms with Gasteiger partial charge in [0.05, 0.1) is 12.0 Å². The molecule has 37 heavy (non-hydrogen) atoms. The van der Waals surface area contributed by atoms with Gasteiger partial charge in [-0.3, -0.25) is 14.4 Å². The summed E-state index contributed by atoms with van der Waals surface area (Å²) < 4.78 is 5.91. The average Bonchev–Trinajstić information content (AvgIpc) is 3.46. The molecule has 4 atom stereocenters. The molecule has 8 nitrogen and oxygen atoms in total. The minimum absolute atomic E-state index is 0.000610. The van der Waals surface area contributed by atoms with E-state index in [9.17, 15) is 14.4 Å². The topological polar surface area (TPSA) is 96.2 Å². The number of Topliss-reactive ketones (excluding diaryl/α,β-unsaturated/α-hetero) is 1. The van der Waals surface area contributed by atoms with Crippen LogP contribution in [0.15, 0.2) is 18.2 Å². The van der Waals surface area contributed by atoms with Crippen LogP contribution in [-0.2, 0) is 14.3 Å². The van der Waals surface area contributed by atoms with Gasteiger partial charge in [-0.25, -0.2) is 0 Å². The van der Waals surface area contributed by atoms with E-state index in [2.05, 4.69) is 23.8 Å². The molecule has 3 aliphatic heterocycles. The number of ketones is 1. The Labute approximate surface area is 220 Å². The van der Waals surface area contributed by atoms with Crippen molar-refractivity contribution in [1.82, 2.24) is 9.80 Å². The van der Waals surface area contributed by atoms with Crippen molar-refractivity contribution in [2.45, 2.75) is 69.9 Å². The highest BCUT2D eigenvalue weighted by Crippen LogP contribution is 2.43. The fourth-order valence-corrected chi connectivity index (χ4v) is 7.13. The summed E-state index contributed by atoms with van der Waals surface area (Å²) in [5.74, 6) is -0.715. The van der Waals surface area contributed by atoms with E-state index in [1.54, 1.807) is 0 Å². The van der Waals surface area contributed by atoms with Crippen LogP contribution in [-0.4, -0.2) is 85.9 Å². The summed E-state index contributed by atoms with van der Waals surface area (Å²) in [7, 11) is 2.12. The predicted octanol–water partition coefficient (Wildman–Crippen LogP) is 2.80. The smallest absolute Gasteiger partial charge is 0.249 e. The molecule has 1 aromatic carbocycles. The lowest BCUT2D eigenvalue weighted by Gasteiger charge is -2.37. The Morgan fingerprint density at radius 3 is 2.51 bits per heavy atom. The Hall–Kier alpha value is -2.45. The lowest BCUT2D eigenvalue weighted by atomic mass is 9.74. The Morgan fingerprint density at radius 2 is 1.84 bits per heavy atom. The number of nitrogens with zero attached hydrogens (tertiary/aromatic N) is 3. The molecule has 0 spiro atoms. The quantitative estimate of drug-likeness (QED) is 0.606. The van der Waals surface area contributed by atoms with Crippen molar-refractivity contribution in [3.05, 3.63) is 29.3 Å². The molecule has 202 valence electrons. The van der Waals surface area contributed by atoms with E-state index in [1.165, 1.54) is 6.42 Å². The van der Waals surface area contributed by atoms with Crippen LogP contribution in [0.25, 0.3) is 0 Å². The van der Waals surface area contributed by atoms with Crippen LogP contribution in [0.5, 0.6) is 0 Å². The number of ether oxygens (including phenoxy) is 1. The number of primary amides is 1. The van der Waals surface area contributed by atoms with Crippen molar-refractivity contribution < 1.29 is 19.1 Å². The Kier molecular flexibility index (Phi) is 7.86. The zero-order valence-corrected chi connectivity index (χ0v) is 22.4. The van der Waals surface area contributed by atoms with Gasteiger partial charge in [0.1, 0.15) is 12.6 Å². The summed E-state index contributed by atoms with van der Waals surface area (Å²) in [5.41, 5.74) is 8.09. The third-order valence-corrected chi connectivity index (χ3v) is 9.12. The van der Waals surface area contributed by atoms with Crippen molar-refractivity contribution in [3.63, 3.8) is 0 Å². The number of amides is 2. The second-order valence-corrected chi connectivity index (χ2v) is 11.5. The Bertz CT molecular complexity index is 1020. The first kappa shape index (κ1) is 26.2. The van der Waals surface area contributed by atoms with Crippen LogP contribution in [0.4, 0.5) is 5.69 Å². The van der Waals surface area contributed by atoms with Gasteiger partial charge in [0.2, 0.25) is 11.8 Å². The largest absolute Gasteiger partial charge is 0.369 e. The SMILES string of the molecule is CCC[C@@H]1CN(C(=O)[C@H](c2cc(N3CCN(C)CC3)ccc2C(N)=O)C2CCCCC2)[C@@H]2C(=O)CO[C@H]12. The van der Waals surface area contributed by atoms with Gasteiger partial charge in [-0.2, -0.15) is 0 Å². The third-order valence-electron chi connectivity index (χ3n) is 9.12. The van der Waals surface area contributed by atoms with Gasteiger partial charge in [-0.15, -0.1) is 0 Å². The van der Waals surface area contributed by atoms with Crippen molar-refractivity contribution in [1.29, 1.82) is 0 Å². The van der Waals surface area contributed by atoms with E-state index in [4.69, 9.17) is 10.5 Å². The molecule has 3 saturated heterocycles. The molecule has 8 heteroatoms. The van der Waals surface area contributed by atoms with E-state index in [0.717, 1.165) is 76.0 Å². The molecule has 0 unspecified atom stereocenters. The first-order chi connectivity index (χ1) is 17.9. The molecule has 4 fully saturated rings. The van der Waals surface area contributed by atoms with E-state index >= 15 is 0 Å². The second-order valence-electron chi connectivity index (χ2n) is 11.5. The van der Waals surface area contributed by atoms with Crippen molar-refractivity contribution in [2.75, 3.05) is 51.3 Å². The number of likely N-dealkylation sites (tertiary alicyclic amines) is 1. The molecule has 1 aliphatic carbocycles. The summed E-state index contributed by atoms with van der Waals surface area (Å²) in [6, 6.07) is 5.32. The molecule has 1 saturated carbocycles. The fourth-order valence-electron chi connectivity index (χ4n) is 7.13. The van der Waals surface area contributed by atoms with Crippen LogP contribution in [0, 0.1) is 11.8 Å². The number of rotatable bonds is 7. The number of benzene rings is 1. The number of hydrogen-bond donors (Lipinski definition) is 1. The minimum Gasteiger partial charge on any atom is -0.369 e. The highest BCUT2D eigenvalue weighted by atomic mass is 16.5. The summed E-state index contributed by atoms with van der Waals surface area (Å²) in [6.07, 6.45) is 6.90. The summed E-state index contributed by atoms with van der Waals surface area (Å²) in [4.78, 5) is 46.6. The van der Waals surface area contributed by atoms with Gasteiger partial charge in [-0.05, 0) is 56.0 Å². The number of likely N-dealkylation sites (N-methyl/N-ethyl adjacent to an activating group) is 1. The molecule has 0 aromatic heterocycles. The van der Waals surface area contributed by atoms with E-state index < -0.39 is 17.9 Å². The van der Waals surface area contributed by atoms with Crippen molar-refractivity contribution >= 4 is 23.3 Å². The molecular formula is C29H42N4O4. The molecule has 0 radical (unpaired) electrons. The van der Waals surface area contributed by atoms with Gasteiger partial charge >= 0.3 is 0 Å². The number of nitrogens with two attached hydrogens (primary N) is 1. The first-order valence-electron chi connectivity index (χ1n) is 14.2. The van der Waals surface area contributed by atoms with E-state index in [0.29, 0.717) is 12.1 Å². The molecule has 5 rings (SSSR count). The Balaban J connectivity index is 1.54. The van der Waals surface area contributed by atoms with E-state index in [1.807, 2.05) is 23.1 Å². The maximum Gasteiger partial charge on any atom is 0.249 e. The highest BCUT2D eigenvalue weighted by molar-refractivity contribution is 5.99. The van der Waals surface area contributed by atoms with Crippen LogP contribution >= 0.6 is 0 Å². The standard InChI is InChI=1S/C29H42N4O4/c1-3-7-20-17-33(26-24(34)18-37-27(20)26)29(36)25(19-8-5-4-6-9-19)23-16-21(10-11-22(23)28(30)35)32-14-12-31(2)13-15-32/h10-11,16,19-20,25-27H,3-9,12-15,17-18H2,1-2H3,(H2,30,35)/t20-,25+,26-,27-/m1/s1. The number of carbonyl (C=O) groups excluding carboxylic acids is 3. The number of fused-ring (bicyclic) bond motifs is 1. The van der Waals surface area contributed by atoms with Gasteiger partial charge < -0.3 is 25.2 Å². The average molecular weight is 511 g/mol. The fraction of sp³-hybridized carbons (Fsp3) is 0.690. The number of anilines is 1. The molecule has 0 bridgehead atoms. The number of carbonyl (C=O) groups is 3. The van der Waals surface area contributed by atoms with Crippen LogP contribution in [0.3, 0.4) is 0 Å². The maximum atomic E-state index is 14.5. The van der Waals surface area contributed by atoms with Gasteiger partial charge in [0.15, 0.2) is 5.78 Å². The number of piperazine rings is 1.